The van der Waals surface area contributed by atoms with E-state index in [2.05, 4.69) is 0 Å². The Bertz CT molecular complexity index is 630. The molecule has 0 spiro atoms. The van der Waals surface area contributed by atoms with E-state index in [-0.39, 0.29) is 0 Å². The lowest BCUT2D eigenvalue weighted by Gasteiger charge is -2.36. The van der Waals surface area contributed by atoms with E-state index in [1.807, 2.05) is 0 Å². The first-order valence-electron chi connectivity index (χ1n) is 6.84. The van der Waals surface area contributed by atoms with Gasteiger partial charge in [-0.3, -0.25) is 9.59 Å². The molecule has 2 aliphatic rings. The van der Waals surface area contributed by atoms with Crippen molar-refractivity contribution in [2.45, 2.75) is 39.4 Å². The molecule has 3 rings (SSSR count). The van der Waals surface area contributed by atoms with Crippen molar-refractivity contribution in [2.75, 3.05) is 0 Å². The second-order valence-electron chi connectivity index (χ2n) is 6.76. The van der Waals surface area contributed by atoms with Crippen molar-refractivity contribution in [1.82, 2.24) is 0 Å². The van der Waals surface area contributed by atoms with Crippen LogP contribution in [0.2, 0.25) is 0 Å². The number of fused-ring (bicyclic) bond motifs is 1. The van der Waals surface area contributed by atoms with Gasteiger partial charge in [0, 0.05) is 5.56 Å². The molecule has 0 amide bonds. The number of benzene rings is 1. The van der Waals surface area contributed by atoms with Crippen LogP contribution in [0.4, 0.5) is 4.39 Å². The predicted molar refractivity (Wildman–Crippen MR) is 71.6 cm³/mol. The maximum Gasteiger partial charge on any atom is 0.316 e. The van der Waals surface area contributed by atoms with E-state index in [0.717, 1.165) is 0 Å². The van der Waals surface area contributed by atoms with Crippen molar-refractivity contribution in [1.29, 1.82) is 0 Å². The van der Waals surface area contributed by atoms with Crippen molar-refractivity contribution in [2.24, 2.45) is 10.8 Å². The van der Waals surface area contributed by atoms with Gasteiger partial charge >= 0.3 is 11.9 Å². The highest BCUT2D eigenvalue weighted by atomic mass is 19.1. The van der Waals surface area contributed by atoms with Crippen LogP contribution >= 0.6 is 0 Å². The molecule has 21 heavy (non-hydrogen) atoms. The van der Waals surface area contributed by atoms with Crippen LogP contribution in [-0.4, -0.2) is 18.0 Å². The molecule has 0 aromatic heterocycles. The Hall–Kier alpha value is -1.91. The van der Waals surface area contributed by atoms with E-state index >= 15 is 0 Å². The normalized spacial score (nSPS) is 32.5. The summed E-state index contributed by atoms with van der Waals surface area (Å²) in [4.78, 5) is 24.5. The van der Waals surface area contributed by atoms with Gasteiger partial charge in [0.15, 0.2) is 11.7 Å². The van der Waals surface area contributed by atoms with E-state index in [1.165, 1.54) is 12.1 Å². The van der Waals surface area contributed by atoms with Gasteiger partial charge in [0.05, 0.1) is 0 Å². The zero-order valence-corrected chi connectivity index (χ0v) is 12.4. The van der Waals surface area contributed by atoms with Gasteiger partial charge in [-0.05, 0) is 39.8 Å². The second-order valence-corrected chi connectivity index (χ2v) is 6.76. The molecule has 2 atom stereocenters. The second kappa shape index (κ2) is 3.84. The van der Waals surface area contributed by atoms with E-state index in [4.69, 9.17) is 9.47 Å². The molecule has 0 radical (unpaired) electrons. The van der Waals surface area contributed by atoms with E-state index < -0.39 is 40.3 Å². The number of carbonyl (C=O) groups is 2. The zero-order valence-electron chi connectivity index (χ0n) is 12.4. The van der Waals surface area contributed by atoms with Crippen molar-refractivity contribution in [3.8, 4) is 0 Å². The van der Waals surface area contributed by atoms with Gasteiger partial charge < -0.3 is 9.47 Å². The summed E-state index contributed by atoms with van der Waals surface area (Å²) in [5.74, 6) is -1.23. The number of ether oxygens (including phenoxy) is 2. The Labute approximate surface area is 122 Å². The fourth-order valence-corrected chi connectivity index (χ4v) is 3.31. The summed E-state index contributed by atoms with van der Waals surface area (Å²) in [6.45, 7) is 6.76. The molecule has 0 unspecified atom stereocenters. The Morgan fingerprint density at radius 2 is 1.57 bits per heavy atom. The van der Waals surface area contributed by atoms with Crippen LogP contribution in [0.5, 0.6) is 0 Å². The minimum absolute atomic E-state index is 0.390. The quantitative estimate of drug-likeness (QED) is 0.746. The number of halogens is 1. The molecule has 2 aliphatic heterocycles. The maximum absolute atomic E-state index is 13.2. The average molecular weight is 292 g/mol. The molecular formula is C16H17FO4. The SMILES string of the molecule is CC1(C)C(=O)O[C@]2(c3ccc(F)cc3)[C@H]1OC(=O)C2(C)C. The lowest BCUT2D eigenvalue weighted by Crippen LogP contribution is -2.47. The third kappa shape index (κ3) is 1.49. The van der Waals surface area contributed by atoms with Crippen molar-refractivity contribution in [3.63, 3.8) is 0 Å². The summed E-state index contributed by atoms with van der Waals surface area (Å²) in [5.41, 5.74) is -2.64. The van der Waals surface area contributed by atoms with Crippen molar-refractivity contribution in [3.05, 3.63) is 35.6 Å². The molecule has 2 heterocycles. The van der Waals surface area contributed by atoms with Gasteiger partial charge in [-0.1, -0.05) is 12.1 Å². The molecule has 2 fully saturated rings. The minimum atomic E-state index is -1.22. The highest BCUT2D eigenvalue weighted by molar-refractivity contribution is 5.89. The monoisotopic (exact) mass is 292 g/mol. The smallest absolute Gasteiger partial charge is 0.316 e. The minimum Gasteiger partial charge on any atom is -0.456 e. The predicted octanol–water partition coefficient (Wildman–Crippen LogP) is 2.56. The van der Waals surface area contributed by atoms with Gasteiger partial charge in [-0.25, -0.2) is 4.39 Å². The van der Waals surface area contributed by atoms with E-state index in [1.54, 1.807) is 39.8 Å². The van der Waals surface area contributed by atoms with Crippen LogP contribution in [0.1, 0.15) is 33.3 Å². The molecule has 5 heteroatoms. The molecule has 4 nitrogen and oxygen atoms in total. The Balaban J connectivity index is 2.26. The number of esters is 2. The molecule has 0 aliphatic carbocycles. The third-order valence-electron chi connectivity index (χ3n) is 4.74. The average Bonchev–Trinajstić information content (AvgIpc) is 2.73. The fourth-order valence-electron chi connectivity index (χ4n) is 3.31. The summed E-state index contributed by atoms with van der Waals surface area (Å²) in [6.07, 6.45) is -0.731. The van der Waals surface area contributed by atoms with Crippen LogP contribution in [0.25, 0.3) is 0 Å². The standard InChI is InChI=1S/C16H17FO4/c1-14(2)11-16(21-12(14)18,15(3,4)13(19)20-11)9-5-7-10(17)8-6-9/h5-8,11H,1-4H3/t11-,16+/m0/s1. The molecule has 0 N–H and O–H groups in total. The number of hydrogen-bond acceptors (Lipinski definition) is 4. The van der Waals surface area contributed by atoms with Crippen LogP contribution in [0.15, 0.2) is 24.3 Å². The van der Waals surface area contributed by atoms with Crippen LogP contribution < -0.4 is 0 Å². The first-order valence-corrected chi connectivity index (χ1v) is 6.84. The lowest BCUT2D eigenvalue weighted by molar-refractivity contribution is -0.166. The lowest BCUT2D eigenvalue weighted by atomic mass is 9.66. The highest BCUT2D eigenvalue weighted by Gasteiger charge is 2.75. The van der Waals surface area contributed by atoms with Gasteiger partial charge in [0.2, 0.25) is 0 Å². The molecule has 112 valence electrons. The van der Waals surface area contributed by atoms with E-state index in [0.29, 0.717) is 5.56 Å². The van der Waals surface area contributed by atoms with Crippen molar-refractivity contribution < 1.29 is 23.5 Å². The topological polar surface area (TPSA) is 52.6 Å². The molecular weight excluding hydrogens is 275 g/mol. The molecule has 0 bridgehead atoms. The summed E-state index contributed by atoms with van der Waals surface area (Å²) in [5, 5.41) is 0. The molecule has 2 saturated heterocycles. The number of rotatable bonds is 1. The third-order valence-corrected chi connectivity index (χ3v) is 4.74. The summed E-state index contributed by atoms with van der Waals surface area (Å²) in [7, 11) is 0. The molecule has 1 aromatic carbocycles. The van der Waals surface area contributed by atoms with Gasteiger partial charge in [0.25, 0.3) is 0 Å². The summed E-state index contributed by atoms with van der Waals surface area (Å²) >= 11 is 0. The first kappa shape index (κ1) is 14.0. The summed E-state index contributed by atoms with van der Waals surface area (Å²) in [6, 6.07) is 5.67. The van der Waals surface area contributed by atoms with Crippen molar-refractivity contribution >= 4 is 11.9 Å². The van der Waals surface area contributed by atoms with Gasteiger partial charge in [-0.15, -0.1) is 0 Å². The largest absolute Gasteiger partial charge is 0.456 e. The Morgan fingerprint density at radius 1 is 1.00 bits per heavy atom. The summed E-state index contributed by atoms with van der Waals surface area (Å²) < 4.78 is 24.4. The van der Waals surface area contributed by atoms with Crippen LogP contribution in [-0.2, 0) is 24.7 Å². The van der Waals surface area contributed by atoms with Gasteiger partial charge in [0.1, 0.15) is 16.6 Å². The Morgan fingerprint density at radius 3 is 2.14 bits per heavy atom. The van der Waals surface area contributed by atoms with Crippen LogP contribution in [0.3, 0.4) is 0 Å². The molecule has 1 aromatic rings. The fraction of sp³-hybridized carbons (Fsp3) is 0.500. The number of carbonyl (C=O) groups excluding carboxylic acids is 2. The maximum atomic E-state index is 13.2. The first-order chi connectivity index (χ1) is 9.64. The van der Waals surface area contributed by atoms with Gasteiger partial charge in [-0.2, -0.15) is 0 Å². The Kier molecular flexibility index (Phi) is 2.57. The van der Waals surface area contributed by atoms with Crippen LogP contribution in [0, 0.1) is 16.6 Å². The molecule has 0 saturated carbocycles. The van der Waals surface area contributed by atoms with E-state index in [9.17, 15) is 14.0 Å². The highest BCUT2D eigenvalue weighted by Crippen LogP contribution is 2.61. The zero-order chi connectivity index (χ0) is 15.6. The number of hydrogen-bond donors (Lipinski definition) is 0.